The molecule has 0 radical (unpaired) electrons. The molecule has 0 amide bonds. The summed E-state index contributed by atoms with van der Waals surface area (Å²) in [5.74, 6) is 0.695. The zero-order valence-corrected chi connectivity index (χ0v) is 18.8. The number of fused-ring (bicyclic) bond motifs is 4. The normalized spacial score (nSPS) is 18.0. The largest absolute Gasteiger partial charge is 0.268 e. The van der Waals surface area contributed by atoms with Crippen molar-refractivity contribution in [3.8, 4) is 11.1 Å². The van der Waals surface area contributed by atoms with Crippen molar-refractivity contribution >= 4 is 38.2 Å². The Kier molecular flexibility index (Phi) is 4.04. The molecule has 2 aromatic heterocycles. The Bertz CT molecular complexity index is 1840. The van der Waals surface area contributed by atoms with Gasteiger partial charge in [0.2, 0.25) is 0 Å². The minimum absolute atomic E-state index is 0.00917. The molecule has 0 bridgehead atoms. The van der Waals surface area contributed by atoms with Gasteiger partial charge in [-0.05, 0) is 46.2 Å². The standard InChI is InChI=1S/C31H22N2O/c1-19-8-5-6-11-22(19)23-15-16-25-29-24(23)12-7-13-26(29)31(34)33-28-18-21(20-9-3-2-4-10-20)14-17-27(28)32-30(25)33/h2-19,22H,1H3. The third-order valence-electron chi connectivity index (χ3n) is 7.28. The predicted molar refractivity (Wildman–Crippen MR) is 141 cm³/mol. The fourth-order valence-electron chi connectivity index (χ4n) is 5.58. The number of hydrogen-bond acceptors (Lipinski definition) is 2. The highest BCUT2D eigenvalue weighted by molar-refractivity contribution is 6.16. The monoisotopic (exact) mass is 438 g/mol. The van der Waals surface area contributed by atoms with Crippen LogP contribution in [0.25, 0.3) is 49.4 Å². The van der Waals surface area contributed by atoms with Crippen molar-refractivity contribution in [2.24, 2.45) is 5.92 Å². The fourth-order valence-corrected chi connectivity index (χ4v) is 5.58. The van der Waals surface area contributed by atoms with E-state index in [0.717, 1.165) is 49.4 Å². The van der Waals surface area contributed by atoms with Gasteiger partial charge in [-0.25, -0.2) is 4.98 Å². The molecule has 0 N–H and O–H groups in total. The van der Waals surface area contributed by atoms with Gasteiger partial charge in [-0.1, -0.05) is 91.9 Å². The maximum atomic E-state index is 13.9. The minimum Gasteiger partial charge on any atom is -0.268 e. The molecule has 2 atom stereocenters. The van der Waals surface area contributed by atoms with Crippen LogP contribution < -0.4 is 5.56 Å². The summed E-state index contributed by atoms with van der Waals surface area (Å²) in [4.78, 5) is 18.8. The molecule has 2 heterocycles. The van der Waals surface area contributed by atoms with E-state index >= 15 is 0 Å². The van der Waals surface area contributed by atoms with Crippen LogP contribution in [0.5, 0.6) is 0 Å². The Labute approximate surface area is 196 Å². The first-order chi connectivity index (χ1) is 16.7. The van der Waals surface area contributed by atoms with Crippen LogP contribution in [0.4, 0.5) is 0 Å². The lowest BCUT2D eigenvalue weighted by Crippen LogP contribution is -2.14. The number of imidazole rings is 1. The highest BCUT2D eigenvalue weighted by Gasteiger charge is 2.22. The molecule has 4 aromatic carbocycles. The Morgan fingerprint density at radius 2 is 1.59 bits per heavy atom. The molecule has 162 valence electrons. The predicted octanol–water partition coefficient (Wildman–Crippen LogP) is 7.10. The second kappa shape index (κ2) is 7.13. The van der Waals surface area contributed by atoms with Crippen LogP contribution in [-0.2, 0) is 0 Å². The van der Waals surface area contributed by atoms with Crippen LogP contribution in [0.15, 0.2) is 108 Å². The summed E-state index contributed by atoms with van der Waals surface area (Å²) in [7, 11) is 0. The second-order valence-electron chi connectivity index (χ2n) is 9.23. The Morgan fingerprint density at radius 1 is 0.765 bits per heavy atom. The highest BCUT2D eigenvalue weighted by atomic mass is 16.1. The topological polar surface area (TPSA) is 34.4 Å². The molecule has 1 aliphatic carbocycles. The van der Waals surface area contributed by atoms with Gasteiger partial charge in [0.05, 0.1) is 11.0 Å². The van der Waals surface area contributed by atoms with Crippen LogP contribution in [-0.4, -0.2) is 9.38 Å². The summed E-state index contributed by atoms with van der Waals surface area (Å²) in [5.41, 5.74) is 5.87. The summed E-state index contributed by atoms with van der Waals surface area (Å²) in [6.07, 6.45) is 8.74. The quantitative estimate of drug-likeness (QED) is 0.289. The minimum atomic E-state index is -0.00917. The molecule has 0 aliphatic heterocycles. The lowest BCUT2D eigenvalue weighted by Gasteiger charge is -2.23. The number of benzene rings is 4. The summed E-state index contributed by atoms with van der Waals surface area (Å²) in [6, 6.07) is 26.9. The van der Waals surface area contributed by atoms with Crippen LogP contribution in [0.2, 0.25) is 0 Å². The van der Waals surface area contributed by atoms with Gasteiger partial charge >= 0.3 is 0 Å². The summed E-state index contributed by atoms with van der Waals surface area (Å²) < 4.78 is 1.80. The number of hydrogen-bond donors (Lipinski definition) is 0. The Balaban J connectivity index is 1.57. The molecule has 3 heteroatoms. The molecule has 7 rings (SSSR count). The maximum Gasteiger partial charge on any atom is 0.264 e. The third kappa shape index (κ3) is 2.64. The highest BCUT2D eigenvalue weighted by Crippen LogP contribution is 2.38. The molecule has 1 aliphatic rings. The zero-order chi connectivity index (χ0) is 22.8. The van der Waals surface area contributed by atoms with Gasteiger partial charge in [0.25, 0.3) is 5.56 Å². The van der Waals surface area contributed by atoms with Crippen molar-refractivity contribution in [3.63, 3.8) is 0 Å². The van der Waals surface area contributed by atoms with E-state index in [1.807, 2.05) is 36.4 Å². The van der Waals surface area contributed by atoms with Gasteiger partial charge in [-0.2, -0.15) is 0 Å². The number of allylic oxidation sites excluding steroid dienone is 4. The second-order valence-corrected chi connectivity index (χ2v) is 9.23. The van der Waals surface area contributed by atoms with E-state index < -0.39 is 0 Å². The van der Waals surface area contributed by atoms with Gasteiger partial charge < -0.3 is 0 Å². The SMILES string of the molecule is CC1C=CC=CC1c1ccc2c3c1cccc3c(=O)n1c3cc(-c4ccccc4)ccc3nc21. The van der Waals surface area contributed by atoms with Gasteiger partial charge in [0.1, 0.15) is 5.65 Å². The van der Waals surface area contributed by atoms with E-state index in [4.69, 9.17) is 4.98 Å². The first kappa shape index (κ1) is 19.2. The molecule has 3 nitrogen and oxygen atoms in total. The smallest absolute Gasteiger partial charge is 0.264 e. The Morgan fingerprint density at radius 3 is 2.44 bits per heavy atom. The molecule has 0 saturated carbocycles. The molecule has 2 unspecified atom stereocenters. The molecular formula is C31H22N2O. The van der Waals surface area contributed by atoms with Gasteiger partial charge in [-0.15, -0.1) is 0 Å². The lowest BCUT2D eigenvalue weighted by molar-refractivity contribution is 0.639. The van der Waals surface area contributed by atoms with Crippen LogP contribution in [0.1, 0.15) is 18.4 Å². The van der Waals surface area contributed by atoms with E-state index in [2.05, 4.69) is 73.7 Å². The van der Waals surface area contributed by atoms with Crippen LogP contribution in [0, 0.1) is 5.92 Å². The zero-order valence-electron chi connectivity index (χ0n) is 18.8. The molecule has 0 fully saturated rings. The van der Waals surface area contributed by atoms with Crippen molar-refractivity contribution in [1.82, 2.24) is 9.38 Å². The maximum absolute atomic E-state index is 13.9. The van der Waals surface area contributed by atoms with E-state index in [1.54, 1.807) is 4.40 Å². The van der Waals surface area contributed by atoms with Crippen molar-refractivity contribution in [1.29, 1.82) is 0 Å². The van der Waals surface area contributed by atoms with Gasteiger partial charge in [0, 0.05) is 22.1 Å². The summed E-state index contributed by atoms with van der Waals surface area (Å²) in [5, 5.41) is 3.93. The van der Waals surface area contributed by atoms with E-state index in [0.29, 0.717) is 11.8 Å². The molecule has 6 aromatic rings. The molecule has 34 heavy (non-hydrogen) atoms. The van der Waals surface area contributed by atoms with Crippen LogP contribution >= 0.6 is 0 Å². The molecular weight excluding hydrogens is 416 g/mol. The van der Waals surface area contributed by atoms with Crippen molar-refractivity contribution in [3.05, 3.63) is 119 Å². The summed E-state index contributed by atoms with van der Waals surface area (Å²) >= 11 is 0. The number of nitrogens with zero attached hydrogens (tertiary/aromatic N) is 2. The fraction of sp³-hybridized carbons (Fsp3) is 0.0968. The first-order valence-corrected chi connectivity index (χ1v) is 11.7. The van der Waals surface area contributed by atoms with Crippen LogP contribution in [0.3, 0.4) is 0 Å². The lowest BCUT2D eigenvalue weighted by atomic mass is 9.81. The molecule has 0 spiro atoms. The van der Waals surface area contributed by atoms with Gasteiger partial charge in [0.15, 0.2) is 0 Å². The van der Waals surface area contributed by atoms with Crippen molar-refractivity contribution < 1.29 is 0 Å². The van der Waals surface area contributed by atoms with E-state index in [9.17, 15) is 4.79 Å². The number of aromatic nitrogens is 2. The first-order valence-electron chi connectivity index (χ1n) is 11.7. The number of rotatable bonds is 2. The van der Waals surface area contributed by atoms with Crippen molar-refractivity contribution in [2.45, 2.75) is 12.8 Å². The van der Waals surface area contributed by atoms with E-state index in [-0.39, 0.29) is 5.56 Å². The average molecular weight is 439 g/mol. The average Bonchev–Trinajstić information content (AvgIpc) is 3.27. The number of pyridine rings is 1. The van der Waals surface area contributed by atoms with Gasteiger partial charge in [-0.3, -0.25) is 9.20 Å². The van der Waals surface area contributed by atoms with E-state index in [1.165, 1.54) is 5.56 Å². The Hall–Kier alpha value is -4.24. The summed E-state index contributed by atoms with van der Waals surface area (Å²) in [6.45, 7) is 2.25. The third-order valence-corrected chi connectivity index (χ3v) is 7.28. The molecule has 0 saturated heterocycles. The van der Waals surface area contributed by atoms with Crippen molar-refractivity contribution in [2.75, 3.05) is 0 Å².